The number of nitrogens with one attached hydrogen (secondary N) is 2. The number of hydrogen-bond acceptors (Lipinski definition) is 5. The third-order valence-electron chi connectivity index (χ3n) is 1.91. The maximum atomic E-state index is 11.6. The van der Waals surface area contributed by atoms with Crippen molar-refractivity contribution in [1.29, 1.82) is 10.5 Å². The second-order valence-corrected chi connectivity index (χ2v) is 5.06. The third kappa shape index (κ3) is 4.09. The lowest BCUT2D eigenvalue weighted by Gasteiger charge is -2.19. The number of ether oxygens (including phenoxy) is 1. The van der Waals surface area contributed by atoms with Crippen LogP contribution < -0.4 is 5.32 Å². The van der Waals surface area contributed by atoms with Crippen LogP contribution in [0.4, 0.5) is 10.6 Å². The Bertz CT molecular complexity index is 644. The van der Waals surface area contributed by atoms with Gasteiger partial charge in [0.1, 0.15) is 28.2 Å². The van der Waals surface area contributed by atoms with Crippen molar-refractivity contribution >= 4 is 24.1 Å². The van der Waals surface area contributed by atoms with Crippen molar-refractivity contribution in [3.8, 4) is 12.1 Å². The summed E-state index contributed by atoms with van der Waals surface area (Å²) in [6.07, 6.45) is -0.709. The van der Waals surface area contributed by atoms with Gasteiger partial charge in [-0.15, -0.1) is 0 Å². The second-order valence-electron chi connectivity index (χ2n) is 4.65. The van der Waals surface area contributed by atoms with Crippen LogP contribution in [0.25, 0.3) is 0 Å². The molecular formula is C12H12N4O2S. The summed E-state index contributed by atoms with van der Waals surface area (Å²) in [6, 6.07) is 5.04. The summed E-state index contributed by atoms with van der Waals surface area (Å²) in [5, 5.41) is 20.2. The van der Waals surface area contributed by atoms with Gasteiger partial charge >= 0.3 is 6.09 Å². The second kappa shape index (κ2) is 5.51. The Hall–Kier alpha value is -2.38. The number of nitriles is 2. The largest absolute Gasteiger partial charge is 0.444 e. The van der Waals surface area contributed by atoms with Crippen molar-refractivity contribution in [2.75, 3.05) is 5.32 Å². The first-order valence-corrected chi connectivity index (χ1v) is 5.75. The standard InChI is InChI=1S/C12H12N4O2S/c1-12(2,3)18-11(17)16-9-7(5-13)4-8(6-14)10(19)15-9/h4H,1-3H3,(H2,15,16,17,19). The van der Waals surface area contributed by atoms with Gasteiger partial charge in [-0.25, -0.2) is 4.79 Å². The van der Waals surface area contributed by atoms with Crippen LogP contribution in [-0.2, 0) is 4.74 Å². The molecule has 0 aliphatic carbocycles. The summed E-state index contributed by atoms with van der Waals surface area (Å²) in [6.45, 7) is 5.16. The Kier molecular flexibility index (Phi) is 4.26. The van der Waals surface area contributed by atoms with Crippen LogP contribution >= 0.6 is 12.2 Å². The Morgan fingerprint density at radius 2 is 1.95 bits per heavy atom. The van der Waals surface area contributed by atoms with E-state index in [1.165, 1.54) is 6.07 Å². The molecule has 0 aliphatic heterocycles. The fraction of sp³-hybridized carbons (Fsp3) is 0.333. The number of carbonyl (C=O) groups excluding carboxylic acids is 1. The highest BCUT2D eigenvalue weighted by molar-refractivity contribution is 7.71. The van der Waals surface area contributed by atoms with Crippen LogP contribution in [0.15, 0.2) is 6.07 Å². The van der Waals surface area contributed by atoms with Crippen molar-refractivity contribution in [2.45, 2.75) is 26.4 Å². The van der Waals surface area contributed by atoms with Gasteiger partial charge in [0, 0.05) is 0 Å². The Balaban J connectivity index is 3.07. The molecule has 1 aromatic heterocycles. The molecule has 0 radical (unpaired) electrons. The van der Waals surface area contributed by atoms with Gasteiger partial charge in [0.15, 0.2) is 0 Å². The molecule has 2 N–H and O–H groups in total. The van der Waals surface area contributed by atoms with Crippen LogP contribution in [0, 0.1) is 27.3 Å². The molecule has 19 heavy (non-hydrogen) atoms. The number of amides is 1. The molecule has 0 aliphatic rings. The van der Waals surface area contributed by atoms with Gasteiger partial charge in [0.2, 0.25) is 0 Å². The molecular weight excluding hydrogens is 264 g/mol. The van der Waals surface area contributed by atoms with E-state index in [1.54, 1.807) is 20.8 Å². The zero-order valence-electron chi connectivity index (χ0n) is 10.7. The summed E-state index contributed by atoms with van der Waals surface area (Å²) in [7, 11) is 0. The van der Waals surface area contributed by atoms with E-state index in [9.17, 15) is 4.79 Å². The predicted octanol–water partition coefficient (Wildman–Crippen LogP) is 2.83. The smallest absolute Gasteiger partial charge is 0.413 e. The van der Waals surface area contributed by atoms with Gasteiger partial charge in [-0.2, -0.15) is 10.5 Å². The molecule has 1 heterocycles. The number of nitrogens with zero attached hydrogens (tertiary/aromatic N) is 2. The summed E-state index contributed by atoms with van der Waals surface area (Å²) in [5.74, 6) is 0.112. The van der Waals surface area contributed by atoms with Crippen LogP contribution in [0.5, 0.6) is 0 Å². The lowest BCUT2D eigenvalue weighted by Crippen LogP contribution is -2.27. The van der Waals surface area contributed by atoms with E-state index in [1.807, 2.05) is 12.1 Å². The first kappa shape index (κ1) is 14.7. The number of aromatic amines is 1. The zero-order chi connectivity index (χ0) is 14.6. The number of anilines is 1. The minimum Gasteiger partial charge on any atom is -0.444 e. The van der Waals surface area contributed by atoms with Crippen molar-refractivity contribution in [3.05, 3.63) is 21.8 Å². The van der Waals surface area contributed by atoms with Gasteiger partial charge in [0.05, 0.1) is 11.1 Å². The van der Waals surface area contributed by atoms with E-state index in [4.69, 9.17) is 27.5 Å². The fourth-order valence-corrected chi connectivity index (χ4v) is 1.41. The third-order valence-corrected chi connectivity index (χ3v) is 2.23. The lowest BCUT2D eigenvalue weighted by molar-refractivity contribution is 0.0635. The number of carbonyl (C=O) groups is 1. The van der Waals surface area contributed by atoms with Crippen LogP contribution in [-0.4, -0.2) is 16.7 Å². The molecule has 6 nitrogen and oxygen atoms in total. The Labute approximate surface area is 115 Å². The number of aromatic nitrogens is 1. The molecule has 0 spiro atoms. The van der Waals surface area contributed by atoms with E-state index >= 15 is 0 Å². The summed E-state index contributed by atoms with van der Waals surface area (Å²) < 4.78 is 5.20. The van der Waals surface area contributed by atoms with Crippen molar-refractivity contribution < 1.29 is 9.53 Å². The van der Waals surface area contributed by atoms with Gasteiger partial charge in [-0.3, -0.25) is 5.32 Å². The highest BCUT2D eigenvalue weighted by atomic mass is 32.1. The first-order chi connectivity index (χ1) is 8.76. The minimum absolute atomic E-state index is 0.107. The molecule has 1 aromatic rings. The van der Waals surface area contributed by atoms with E-state index in [2.05, 4.69) is 10.3 Å². The average Bonchev–Trinajstić information content (AvgIpc) is 2.26. The van der Waals surface area contributed by atoms with E-state index in [0.29, 0.717) is 0 Å². The van der Waals surface area contributed by atoms with E-state index in [0.717, 1.165) is 0 Å². The Morgan fingerprint density at radius 1 is 1.37 bits per heavy atom. The average molecular weight is 276 g/mol. The number of H-pyrrole nitrogens is 1. The maximum Gasteiger partial charge on any atom is 0.413 e. The topological polar surface area (TPSA) is 102 Å². The number of pyridine rings is 1. The minimum atomic E-state index is -0.709. The number of rotatable bonds is 1. The number of hydrogen-bond donors (Lipinski definition) is 2. The van der Waals surface area contributed by atoms with Gasteiger partial charge in [-0.05, 0) is 26.8 Å². The molecule has 0 fully saturated rings. The van der Waals surface area contributed by atoms with Crippen LogP contribution in [0.1, 0.15) is 31.9 Å². The van der Waals surface area contributed by atoms with Crippen molar-refractivity contribution in [3.63, 3.8) is 0 Å². The molecule has 0 bridgehead atoms. The quantitative estimate of drug-likeness (QED) is 0.768. The van der Waals surface area contributed by atoms with Crippen LogP contribution in [0.3, 0.4) is 0 Å². The summed E-state index contributed by atoms with van der Waals surface area (Å²) in [4.78, 5) is 14.2. The van der Waals surface area contributed by atoms with Gasteiger partial charge in [0.25, 0.3) is 0 Å². The predicted molar refractivity (Wildman–Crippen MR) is 70.9 cm³/mol. The summed E-state index contributed by atoms with van der Waals surface area (Å²) in [5.41, 5.74) is -0.377. The fourth-order valence-electron chi connectivity index (χ4n) is 1.21. The van der Waals surface area contributed by atoms with Crippen molar-refractivity contribution in [1.82, 2.24) is 4.98 Å². The van der Waals surface area contributed by atoms with Gasteiger partial charge < -0.3 is 9.72 Å². The summed E-state index contributed by atoms with van der Waals surface area (Å²) >= 11 is 4.93. The normalized spacial score (nSPS) is 10.2. The molecule has 0 saturated heterocycles. The molecule has 98 valence electrons. The van der Waals surface area contributed by atoms with Crippen molar-refractivity contribution in [2.24, 2.45) is 0 Å². The first-order valence-electron chi connectivity index (χ1n) is 5.34. The lowest BCUT2D eigenvalue weighted by atomic mass is 10.2. The monoisotopic (exact) mass is 276 g/mol. The van der Waals surface area contributed by atoms with E-state index < -0.39 is 11.7 Å². The molecule has 0 saturated carbocycles. The van der Waals surface area contributed by atoms with E-state index in [-0.39, 0.29) is 21.6 Å². The van der Waals surface area contributed by atoms with Gasteiger partial charge in [-0.1, -0.05) is 12.2 Å². The maximum absolute atomic E-state index is 11.6. The zero-order valence-corrected chi connectivity index (χ0v) is 11.5. The molecule has 7 heteroatoms. The Morgan fingerprint density at radius 3 is 2.42 bits per heavy atom. The highest BCUT2D eigenvalue weighted by Crippen LogP contribution is 2.16. The molecule has 1 rings (SSSR count). The molecule has 0 atom stereocenters. The van der Waals surface area contributed by atoms with Crippen LogP contribution in [0.2, 0.25) is 0 Å². The molecule has 1 amide bonds. The molecule has 0 unspecified atom stereocenters. The highest BCUT2D eigenvalue weighted by Gasteiger charge is 2.17. The SMILES string of the molecule is CC(C)(C)OC(=O)Nc1[nH]c(=S)c(C#N)cc1C#N. The molecule has 0 aromatic carbocycles.